The number of aromatic nitrogens is 1. The van der Waals surface area contributed by atoms with Gasteiger partial charge in [0.25, 0.3) is 0 Å². The van der Waals surface area contributed by atoms with Crippen LogP contribution in [0.4, 0.5) is 0 Å². The van der Waals surface area contributed by atoms with Crippen LogP contribution in [0.1, 0.15) is 55.4 Å². The fraction of sp³-hybridized carbons (Fsp3) is 0.458. The molecule has 0 N–H and O–H groups in total. The highest BCUT2D eigenvalue weighted by atomic mass is 32.1. The highest BCUT2D eigenvalue weighted by Gasteiger charge is 2.26. The summed E-state index contributed by atoms with van der Waals surface area (Å²) in [6.45, 7) is 5.12. The summed E-state index contributed by atoms with van der Waals surface area (Å²) in [5, 5.41) is 3.45. The number of amides is 1. The molecule has 0 saturated carbocycles. The van der Waals surface area contributed by atoms with Gasteiger partial charge in [-0.1, -0.05) is 44.0 Å². The van der Waals surface area contributed by atoms with Gasteiger partial charge in [0.2, 0.25) is 5.91 Å². The van der Waals surface area contributed by atoms with E-state index in [-0.39, 0.29) is 5.91 Å². The second-order valence-corrected chi connectivity index (χ2v) is 8.95. The summed E-state index contributed by atoms with van der Waals surface area (Å²) in [4.78, 5) is 15.8. The third-order valence-electron chi connectivity index (χ3n) is 6.02. The molecule has 0 unspecified atom stereocenters. The maximum atomic E-state index is 12.6. The molecule has 28 heavy (non-hydrogen) atoms. The molecule has 4 rings (SSSR count). The molecule has 4 heteroatoms. The highest BCUT2D eigenvalue weighted by molar-refractivity contribution is 7.10. The Morgan fingerprint density at radius 3 is 2.68 bits per heavy atom. The SMILES string of the molecule is CCCCCn1cc(C2CCN(C(=O)Cc3cccs3)CC2)c2ccccc21. The van der Waals surface area contributed by atoms with Gasteiger partial charge in [-0.15, -0.1) is 11.3 Å². The first kappa shape index (κ1) is 19.3. The average Bonchev–Trinajstić information content (AvgIpc) is 3.36. The van der Waals surface area contributed by atoms with Crippen molar-refractivity contribution < 1.29 is 4.79 Å². The third kappa shape index (κ3) is 4.17. The van der Waals surface area contributed by atoms with Crippen LogP contribution in [0.25, 0.3) is 10.9 Å². The Hall–Kier alpha value is -2.07. The van der Waals surface area contributed by atoms with Crippen molar-refractivity contribution in [1.29, 1.82) is 0 Å². The minimum Gasteiger partial charge on any atom is -0.347 e. The molecule has 3 nitrogen and oxygen atoms in total. The van der Waals surface area contributed by atoms with Crippen molar-refractivity contribution >= 4 is 28.1 Å². The van der Waals surface area contributed by atoms with E-state index in [1.807, 2.05) is 11.4 Å². The minimum absolute atomic E-state index is 0.280. The second-order valence-electron chi connectivity index (χ2n) is 7.91. The maximum absolute atomic E-state index is 12.6. The zero-order chi connectivity index (χ0) is 19.3. The first-order valence-corrected chi connectivity index (χ1v) is 11.5. The smallest absolute Gasteiger partial charge is 0.227 e. The lowest BCUT2D eigenvalue weighted by atomic mass is 9.89. The molecule has 148 valence electrons. The molecule has 3 heterocycles. The van der Waals surface area contributed by atoms with Crippen LogP contribution in [0.3, 0.4) is 0 Å². The number of aryl methyl sites for hydroxylation is 1. The topological polar surface area (TPSA) is 25.2 Å². The van der Waals surface area contributed by atoms with Crippen LogP contribution in [0.2, 0.25) is 0 Å². The largest absolute Gasteiger partial charge is 0.347 e. The number of likely N-dealkylation sites (tertiary alicyclic amines) is 1. The van der Waals surface area contributed by atoms with Crippen LogP contribution in [-0.2, 0) is 17.8 Å². The van der Waals surface area contributed by atoms with E-state index in [1.54, 1.807) is 11.3 Å². The van der Waals surface area contributed by atoms with E-state index in [2.05, 4.69) is 52.9 Å². The van der Waals surface area contributed by atoms with Gasteiger partial charge in [0.15, 0.2) is 0 Å². The quantitative estimate of drug-likeness (QED) is 0.462. The minimum atomic E-state index is 0.280. The van der Waals surface area contributed by atoms with Gasteiger partial charge < -0.3 is 9.47 Å². The van der Waals surface area contributed by atoms with E-state index in [9.17, 15) is 4.79 Å². The summed E-state index contributed by atoms with van der Waals surface area (Å²) in [5.41, 5.74) is 2.85. The Labute approximate surface area is 172 Å². The molecule has 2 aromatic heterocycles. The van der Waals surface area contributed by atoms with Crippen molar-refractivity contribution in [1.82, 2.24) is 9.47 Å². The molecule has 0 aliphatic carbocycles. The number of hydrogen-bond donors (Lipinski definition) is 0. The van der Waals surface area contributed by atoms with E-state index in [4.69, 9.17) is 0 Å². The Balaban J connectivity index is 1.44. The number of piperidine rings is 1. The Morgan fingerprint density at radius 2 is 1.93 bits per heavy atom. The highest BCUT2D eigenvalue weighted by Crippen LogP contribution is 2.35. The van der Waals surface area contributed by atoms with Gasteiger partial charge in [0.1, 0.15) is 0 Å². The number of fused-ring (bicyclic) bond motifs is 1. The fourth-order valence-corrected chi connectivity index (χ4v) is 5.13. The van der Waals surface area contributed by atoms with Gasteiger partial charge in [-0.2, -0.15) is 0 Å². The van der Waals surface area contributed by atoms with E-state index >= 15 is 0 Å². The molecule has 1 aliphatic rings. The number of nitrogens with zero attached hydrogens (tertiary/aromatic N) is 2. The maximum Gasteiger partial charge on any atom is 0.227 e. The van der Waals surface area contributed by atoms with Crippen molar-refractivity contribution in [3.8, 4) is 0 Å². The summed E-state index contributed by atoms with van der Waals surface area (Å²) in [7, 11) is 0. The van der Waals surface area contributed by atoms with Crippen molar-refractivity contribution in [3.63, 3.8) is 0 Å². The Bertz CT molecular complexity index is 904. The molecule has 0 spiro atoms. The van der Waals surface area contributed by atoms with Crippen molar-refractivity contribution in [3.05, 3.63) is 58.4 Å². The van der Waals surface area contributed by atoms with Crippen LogP contribution in [0.5, 0.6) is 0 Å². The van der Waals surface area contributed by atoms with Gasteiger partial charge in [0, 0.05) is 41.6 Å². The number of carbonyl (C=O) groups is 1. The van der Waals surface area contributed by atoms with Gasteiger partial charge in [-0.25, -0.2) is 0 Å². The number of hydrogen-bond acceptors (Lipinski definition) is 2. The molecular weight excluding hydrogens is 364 g/mol. The molecule has 0 bridgehead atoms. The predicted octanol–water partition coefficient (Wildman–Crippen LogP) is 5.84. The summed E-state index contributed by atoms with van der Waals surface area (Å²) in [6, 6.07) is 12.9. The van der Waals surface area contributed by atoms with E-state index in [0.29, 0.717) is 12.3 Å². The van der Waals surface area contributed by atoms with Gasteiger partial charge >= 0.3 is 0 Å². The van der Waals surface area contributed by atoms with Crippen LogP contribution in [0.15, 0.2) is 48.0 Å². The van der Waals surface area contributed by atoms with Crippen molar-refractivity contribution in [2.45, 2.75) is 57.9 Å². The fourth-order valence-electron chi connectivity index (χ4n) is 4.43. The zero-order valence-electron chi connectivity index (χ0n) is 16.8. The van der Waals surface area contributed by atoms with Crippen molar-refractivity contribution in [2.75, 3.05) is 13.1 Å². The molecular formula is C24H30N2OS. The molecule has 1 aliphatic heterocycles. The lowest BCUT2D eigenvalue weighted by molar-refractivity contribution is -0.131. The molecule has 0 atom stereocenters. The lowest BCUT2D eigenvalue weighted by Crippen LogP contribution is -2.38. The summed E-state index contributed by atoms with van der Waals surface area (Å²) >= 11 is 1.67. The standard InChI is InChI=1S/C24H30N2OS/c1-2-3-6-13-26-18-22(21-9-4-5-10-23(21)26)19-11-14-25(15-12-19)24(27)17-20-8-7-16-28-20/h4-5,7-10,16,18-19H,2-3,6,11-15,17H2,1H3. The molecule has 1 fully saturated rings. The summed E-state index contributed by atoms with van der Waals surface area (Å²) < 4.78 is 2.45. The van der Waals surface area contributed by atoms with E-state index in [0.717, 1.165) is 32.5 Å². The van der Waals surface area contributed by atoms with Crippen LogP contribution in [0, 0.1) is 0 Å². The number of thiophene rings is 1. The molecule has 1 amide bonds. The molecule has 1 saturated heterocycles. The van der Waals surface area contributed by atoms with E-state index in [1.165, 1.54) is 40.6 Å². The van der Waals surface area contributed by atoms with E-state index < -0.39 is 0 Å². The van der Waals surface area contributed by atoms with Crippen LogP contribution >= 0.6 is 11.3 Å². The molecule has 3 aromatic rings. The number of unbranched alkanes of at least 4 members (excludes halogenated alkanes) is 2. The second kappa shape index (κ2) is 8.95. The van der Waals surface area contributed by atoms with Gasteiger partial charge in [-0.3, -0.25) is 4.79 Å². The Morgan fingerprint density at radius 1 is 1.11 bits per heavy atom. The number of rotatable bonds is 7. The zero-order valence-corrected chi connectivity index (χ0v) is 17.6. The van der Waals surface area contributed by atoms with Gasteiger partial charge in [-0.05, 0) is 48.3 Å². The van der Waals surface area contributed by atoms with Gasteiger partial charge in [0.05, 0.1) is 6.42 Å². The van der Waals surface area contributed by atoms with Crippen molar-refractivity contribution in [2.24, 2.45) is 0 Å². The Kier molecular flexibility index (Phi) is 6.16. The third-order valence-corrected chi connectivity index (χ3v) is 6.89. The summed E-state index contributed by atoms with van der Waals surface area (Å²) in [6.07, 6.45) is 8.87. The number of benzene rings is 1. The predicted molar refractivity (Wildman–Crippen MR) is 118 cm³/mol. The first-order valence-electron chi connectivity index (χ1n) is 10.6. The molecule has 1 aromatic carbocycles. The average molecular weight is 395 g/mol. The monoisotopic (exact) mass is 394 g/mol. The van der Waals surface area contributed by atoms with Crippen LogP contribution < -0.4 is 0 Å². The summed E-state index contributed by atoms with van der Waals surface area (Å²) in [5.74, 6) is 0.839. The lowest BCUT2D eigenvalue weighted by Gasteiger charge is -2.32. The first-order chi connectivity index (χ1) is 13.8. The molecule has 0 radical (unpaired) electrons. The normalized spacial score (nSPS) is 15.4. The number of carbonyl (C=O) groups excluding carboxylic acids is 1. The van der Waals surface area contributed by atoms with Crippen LogP contribution in [-0.4, -0.2) is 28.5 Å². The number of para-hydroxylation sites is 1.